The highest BCUT2D eigenvalue weighted by Gasteiger charge is 2.70. The summed E-state index contributed by atoms with van der Waals surface area (Å²) in [5.74, 6) is 0.348. The number of aliphatic hydroxyl groups excluding tert-OH is 1. The van der Waals surface area contributed by atoms with Gasteiger partial charge in [0.1, 0.15) is 5.60 Å². The van der Waals surface area contributed by atoms with Gasteiger partial charge in [0.2, 0.25) is 0 Å². The number of rotatable bonds is 2. The van der Waals surface area contributed by atoms with Crippen LogP contribution in [-0.2, 0) is 9.59 Å². The van der Waals surface area contributed by atoms with Gasteiger partial charge >= 0.3 is 0 Å². The van der Waals surface area contributed by atoms with Crippen LogP contribution in [0.15, 0.2) is 23.8 Å². The predicted octanol–water partition coefficient (Wildman–Crippen LogP) is 3.22. The molecule has 148 valence electrons. The minimum absolute atomic E-state index is 0.0335. The fourth-order valence-electron chi connectivity index (χ4n) is 7.52. The lowest BCUT2D eigenvalue weighted by Gasteiger charge is -2.59. The van der Waals surface area contributed by atoms with Crippen molar-refractivity contribution < 1.29 is 19.8 Å². The minimum Gasteiger partial charge on any atom is -0.393 e. The normalized spacial score (nSPS) is 51.3. The first-order chi connectivity index (χ1) is 12.6. The molecule has 2 N–H and O–H groups in total. The number of hydrogen-bond donors (Lipinski definition) is 2. The quantitative estimate of drug-likeness (QED) is 0.780. The van der Waals surface area contributed by atoms with Crippen molar-refractivity contribution in [3.8, 4) is 0 Å². The molecule has 4 aliphatic rings. The van der Waals surface area contributed by atoms with Crippen molar-refractivity contribution in [3.05, 3.63) is 23.8 Å². The molecule has 6 unspecified atom stereocenters. The van der Waals surface area contributed by atoms with Crippen molar-refractivity contribution in [3.63, 3.8) is 0 Å². The summed E-state index contributed by atoms with van der Waals surface area (Å²) in [4.78, 5) is 24.7. The van der Waals surface area contributed by atoms with E-state index in [1.54, 1.807) is 12.2 Å². The predicted molar refractivity (Wildman–Crippen MR) is 103 cm³/mol. The molecule has 0 aromatic rings. The molecule has 4 rings (SSSR count). The molecule has 0 saturated heterocycles. The average Bonchev–Trinajstić information content (AvgIpc) is 2.82. The number of fused-ring (bicyclic) bond motifs is 5. The zero-order chi connectivity index (χ0) is 19.8. The topological polar surface area (TPSA) is 74.6 Å². The average molecular weight is 373 g/mol. The number of allylic oxidation sites excluding steroid dienone is 4. The van der Waals surface area contributed by atoms with Gasteiger partial charge < -0.3 is 10.2 Å². The number of ketones is 2. The number of carbonyl (C=O) groups is 2. The first-order valence-electron chi connectivity index (χ1n) is 10.5. The molecule has 0 heterocycles. The third-order valence-corrected chi connectivity index (χ3v) is 8.82. The van der Waals surface area contributed by atoms with E-state index in [9.17, 15) is 19.8 Å². The van der Waals surface area contributed by atoms with Gasteiger partial charge in [0, 0.05) is 23.2 Å². The van der Waals surface area contributed by atoms with E-state index < -0.39 is 17.1 Å². The first-order valence-corrected chi connectivity index (χ1v) is 10.5. The molecule has 3 saturated carbocycles. The van der Waals surface area contributed by atoms with E-state index in [1.807, 2.05) is 26.8 Å². The molecule has 3 fully saturated rings. The van der Waals surface area contributed by atoms with Crippen LogP contribution in [0.1, 0.15) is 59.8 Å². The molecule has 0 amide bonds. The van der Waals surface area contributed by atoms with E-state index >= 15 is 0 Å². The Bertz CT molecular complexity index is 751. The molecule has 0 bridgehead atoms. The van der Waals surface area contributed by atoms with Crippen LogP contribution in [0.2, 0.25) is 0 Å². The van der Waals surface area contributed by atoms with Gasteiger partial charge in [-0.25, -0.2) is 0 Å². The van der Waals surface area contributed by atoms with Gasteiger partial charge in [-0.15, -0.1) is 0 Å². The molecule has 27 heavy (non-hydrogen) atoms. The largest absolute Gasteiger partial charge is 0.393 e. The van der Waals surface area contributed by atoms with Crippen LogP contribution in [0.25, 0.3) is 0 Å². The van der Waals surface area contributed by atoms with Gasteiger partial charge in [-0.05, 0) is 55.6 Å². The van der Waals surface area contributed by atoms with Crippen LogP contribution < -0.4 is 0 Å². The van der Waals surface area contributed by atoms with Crippen LogP contribution in [-0.4, -0.2) is 33.5 Å². The number of hydrogen-bond acceptors (Lipinski definition) is 4. The number of Topliss-reactive ketones (excluding diaryl/α,β-unsaturated/α-hetero) is 1. The van der Waals surface area contributed by atoms with E-state index in [4.69, 9.17) is 0 Å². The van der Waals surface area contributed by atoms with Gasteiger partial charge in [0.15, 0.2) is 11.6 Å². The van der Waals surface area contributed by atoms with Crippen molar-refractivity contribution in [1.82, 2.24) is 0 Å². The molecule has 0 radical (unpaired) electrons. The summed E-state index contributed by atoms with van der Waals surface area (Å²) in [7, 11) is 0. The molecule has 0 aromatic carbocycles. The highest BCUT2D eigenvalue weighted by Crippen LogP contribution is 2.68. The fraction of sp³-hybridized carbons (Fsp3) is 0.739. The smallest absolute Gasteiger partial charge is 0.178 e. The summed E-state index contributed by atoms with van der Waals surface area (Å²) in [6, 6.07) is 0. The van der Waals surface area contributed by atoms with Gasteiger partial charge in [-0.1, -0.05) is 39.3 Å². The molecule has 0 aromatic heterocycles. The van der Waals surface area contributed by atoms with Crippen LogP contribution in [0.4, 0.5) is 0 Å². The Morgan fingerprint density at radius 3 is 2.70 bits per heavy atom. The summed E-state index contributed by atoms with van der Waals surface area (Å²) < 4.78 is 0. The van der Waals surface area contributed by atoms with Gasteiger partial charge in [0.05, 0.1) is 6.10 Å². The van der Waals surface area contributed by atoms with Gasteiger partial charge in [-0.3, -0.25) is 9.59 Å². The van der Waals surface area contributed by atoms with Crippen molar-refractivity contribution >= 4 is 11.6 Å². The summed E-state index contributed by atoms with van der Waals surface area (Å²) in [5, 5.41) is 22.9. The van der Waals surface area contributed by atoms with Gasteiger partial charge in [-0.2, -0.15) is 0 Å². The van der Waals surface area contributed by atoms with Crippen LogP contribution >= 0.6 is 0 Å². The lowest BCUT2D eigenvalue weighted by Crippen LogP contribution is -2.62. The maximum Gasteiger partial charge on any atom is 0.178 e. The molecule has 4 heteroatoms. The highest BCUT2D eigenvalue weighted by atomic mass is 16.3. The maximum absolute atomic E-state index is 12.8. The second-order valence-electron chi connectivity index (χ2n) is 9.89. The van der Waals surface area contributed by atoms with E-state index in [1.165, 1.54) is 0 Å². The second-order valence-corrected chi connectivity index (χ2v) is 9.89. The van der Waals surface area contributed by atoms with E-state index in [-0.39, 0.29) is 40.7 Å². The third-order valence-electron chi connectivity index (χ3n) is 8.82. The summed E-state index contributed by atoms with van der Waals surface area (Å²) in [6.07, 6.45) is 8.14. The zero-order valence-corrected chi connectivity index (χ0v) is 16.9. The Balaban J connectivity index is 1.78. The Hall–Kier alpha value is -1.26. The Kier molecular flexibility index (Phi) is 4.15. The standard InChI is InChI=1S/C23H32O4/c1-5-19(26)23(27)13(2)10-17-16-7-6-14-11-15(24)8-9-21(14,3)20(16)18(25)12-22(17,23)4/h8-9,11,13,16-18,20,25,27H,5-7,10,12H2,1-4H3/t13-,16?,17?,18?,20?,21?,22?,23+/m1/s1. The first kappa shape index (κ1) is 19.1. The van der Waals surface area contributed by atoms with Crippen molar-refractivity contribution in [2.24, 2.45) is 34.5 Å². The monoisotopic (exact) mass is 372 g/mol. The Morgan fingerprint density at radius 2 is 2.04 bits per heavy atom. The van der Waals surface area contributed by atoms with Crippen molar-refractivity contribution in [2.75, 3.05) is 0 Å². The number of carbonyl (C=O) groups excluding carboxylic acids is 2. The minimum atomic E-state index is -1.35. The van der Waals surface area contributed by atoms with Gasteiger partial charge in [0.25, 0.3) is 0 Å². The molecular weight excluding hydrogens is 340 g/mol. The fourth-order valence-corrected chi connectivity index (χ4v) is 7.52. The Labute approximate surface area is 161 Å². The van der Waals surface area contributed by atoms with E-state index in [2.05, 4.69) is 6.92 Å². The Morgan fingerprint density at radius 1 is 1.33 bits per heavy atom. The molecule has 0 spiro atoms. The summed E-state index contributed by atoms with van der Waals surface area (Å²) in [6.45, 7) is 7.98. The number of aliphatic hydroxyl groups is 2. The summed E-state index contributed by atoms with van der Waals surface area (Å²) in [5.41, 5.74) is -1.12. The molecule has 4 aliphatic carbocycles. The van der Waals surface area contributed by atoms with E-state index in [0.29, 0.717) is 12.8 Å². The highest BCUT2D eigenvalue weighted by molar-refractivity contribution is 6.01. The molecule has 4 nitrogen and oxygen atoms in total. The maximum atomic E-state index is 12.8. The van der Waals surface area contributed by atoms with Crippen LogP contribution in [0, 0.1) is 34.5 Å². The lowest BCUT2D eigenvalue weighted by atomic mass is 9.46. The second kappa shape index (κ2) is 5.87. The SMILES string of the molecule is CCC(=O)[C@@]1(O)[C@H](C)CC2C3CCC4=CC(=O)C=CC4(C)C3C(O)CC21C. The van der Waals surface area contributed by atoms with Crippen LogP contribution in [0.3, 0.4) is 0 Å². The lowest BCUT2D eigenvalue weighted by molar-refractivity contribution is -0.181. The summed E-state index contributed by atoms with van der Waals surface area (Å²) >= 11 is 0. The van der Waals surface area contributed by atoms with Crippen LogP contribution in [0.5, 0.6) is 0 Å². The van der Waals surface area contributed by atoms with E-state index in [0.717, 1.165) is 24.8 Å². The molecular formula is C23H32O4. The molecule has 0 aliphatic heterocycles. The molecule has 8 atom stereocenters. The van der Waals surface area contributed by atoms with Crippen molar-refractivity contribution in [1.29, 1.82) is 0 Å². The zero-order valence-electron chi connectivity index (χ0n) is 16.9. The van der Waals surface area contributed by atoms with Crippen molar-refractivity contribution in [2.45, 2.75) is 71.5 Å². The third kappa shape index (κ3) is 2.23.